The number of hydrogen-bond acceptors (Lipinski definition) is 5. The second-order valence-corrected chi connectivity index (χ2v) is 27.4. The Morgan fingerprint density at radius 2 is 0.575 bits per heavy atom. The van der Waals surface area contributed by atoms with E-state index in [2.05, 4.69) is 55.6 Å². The van der Waals surface area contributed by atoms with E-state index in [0.717, 1.165) is 51.4 Å². The molecule has 0 radical (unpaired) electrons. The van der Waals surface area contributed by atoms with Gasteiger partial charge in [-0.25, -0.2) is 0 Å². The number of rotatable bonds is 75. The van der Waals surface area contributed by atoms with Crippen LogP contribution in [0.5, 0.6) is 0 Å². The molecule has 87 heavy (non-hydrogen) atoms. The molecular formula is C81H155NO5. The van der Waals surface area contributed by atoms with E-state index < -0.39 is 12.1 Å². The van der Waals surface area contributed by atoms with Crippen molar-refractivity contribution in [2.45, 2.75) is 456 Å². The van der Waals surface area contributed by atoms with Crippen LogP contribution < -0.4 is 5.32 Å². The fourth-order valence-electron chi connectivity index (χ4n) is 12.6. The summed E-state index contributed by atoms with van der Waals surface area (Å²) in [6, 6.07) is -0.539. The van der Waals surface area contributed by atoms with Gasteiger partial charge in [-0.1, -0.05) is 384 Å². The molecule has 514 valence electrons. The number of aliphatic hydroxyl groups excluding tert-OH is 2. The number of nitrogens with one attached hydrogen (secondary N) is 1. The van der Waals surface area contributed by atoms with Gasteiger partial charge in [-0.05, 0) is 83.5 Å². The van der Waals surface area contributed by atoms with Crippen molar-refractivity contribution in [3.8, 4) is 0 Å². The minimum absolute atomic E-state index is 0.00796. The average molecular weight is 1220 g/mol. The number of amides is 1. The van der Waals surface area contributed by atoms with Crippen LogP contribution in [0.2, 0.25) is 0 Å². The lowest BCUT2D eigenvalue weighted by Crippen LogP contribution is -2.45. The number of esters is 1. The zero-order valence-corrected chi connectivity index (χ0v) is 59.0. The van der Waals surface area contributed by atoms with E-state index in [-0.39, 0.29) is 18.5 Å². The molecule has 0 aromatic rings. The Hall–Kier alpha value is -1.92. The topological polar surface area (TPSA) is 95.9 Å². The van der Waals surface area contributed by atoms with Crippen LogP contribution in [0.1, 0.15) is 444 Å². The Kier molecular flexibility index (Phi) is 74.8. The molecule has 6 heteroatoms. The zero-order chi connectivity index (χ0) is 62.8. The first kappa shape index (κ1) is 85.1. The minimum Gasteiger partial charge on any atom is -0.466 e. The van der Waals surface area contributed by atoms with Crippen LogP contribution in [0.3, 0.4) is 0 Å². The van der Waals surface area contributed by atoms with Crippen molar-refractivity contribution in [2.24, 2.45) is 0 Å². The van der Waals surface area contributed by atoms with Crippen LogP contribution in [0.25, 0.3) is 0 Å². The largest absolute Gasteiger partial charge is 0.466 e. The molecule has 0 rings (SSSR count). The number of aliphatic hydroxyl groups is 2. The molecule has 1 amide bonds. The highest BCUT2D eigenvalue weighted by atomic mass is 16.5. The van der Waals surface area contributed by atoms with Gasteiger partial charge in [-0.15, -0.1) is 0 Å². The third kappa shape index (κ3) is 73.0. The summed E-state index contributed by atoms with van der Waals surface area (Å²) in [5, 5.41) is 23.4. The van der Waals surface area contributed by atoms with E-state index in [1.807, 2.05) is 0 Å². The number of unbranched alkanes of at least 4 members (excludes halogenated alkanes) is 58. The molecule has 0 aromatic carbocycles. The average Bonchev–Trinajstić information content (AvgIpc) is 3.52. The molecule has 0 aliphatic heterocycles. The zero-order valence-electron chi connectivity index (χ0n) is 59.0. The van der Waals surface area contributed by atoms with Crippen LogP contribution in [-0.2, 0) is 14.3 Å². The van der Waals surface area contributed by atoms with Crippen molar-refractivity contribution in [1.82, 2.24) is 5.32 Å². The predicted octanol–water partition coefficient (Wildman–Crippen LogP) is 26.2. The van der Waals surface area contributed by atoms with E-state index in [1.54, 1.807) is 0 Å². The molecular weight excluding hydrogens is 1070 g/mol. The standard InChI is InChI=1S/C81H155NO5/c1-3-5-7-9-11-13-15-17-19-20-42-46-49-53-57-61-65-69-73-79(84)78(77-83)82-80(85)74-70-66-62-58-54-50-47-43-40-38-36-34-32-30-28-26-24-22-21-23-25-27-29-31-33-35-37-39-41-44-48-52-56-60-64-68-72-76-87-81(86)75-71-67-63-59-55-51-45-18-16-14-12-10-8-6-4-2/h12,14,18,21,23,45,78-79,83-84H,3-11,13,15-17,19-20,22,24-44,46-77H2,1-2H3,(H,82,85)/b14-12-,23-21-,45-18-. The third-order valence-corrected chi connectivity index (χ3v) is 18.7. The van der Waals surface area contributed by atoms with E-state index >= 15 is 0 Å². The molecule has 2 atom stereocenters. The van der Waals surface area contributed by atoms with Crippen LogP contribution in [-0.4, -0.2) is 47.4 Å². The Balaban J connectivity index is 3.33. The monoisotopic (exact) mass is 1220 g/mol. The summed E-state index contributed by atoms with van der Waals surface area (Å²) in [5.41, 5.74) is 0. The highest BCUT2D eigenvalue weighted by Crippen LogP contribution is 2.20. The van der Waals surface area contributed by atoms with Gasteiger partial charge in [0.05, 0.1) is 25.4 Å². The number of ether oxygens (including phenoxy) is 1. The maximum atomic E-state index is 12.5. The van der Waals surface area contributed by atoms with Crippen LogP contribution in [0.15, 0.2) is 36.5 Å². The third-order valence-electron chi connectivity index (χ3n) is 18.7. The Bertz CT molecular complexity index is 1410. The van der Waals surface area contributed by atoms with Gasteiger partial charge >= 0.3 is 5.97 Å². The quantitative estimate of drug-likeness (QED) is 0.0320. The van der Waals surface area contributed by atoms with Gasteiger partial charge in [0, 0.05) is 12.8 Å². The van der Waals surface area contributed by atoms with Gasteiger partial charge in [-0.3, -0.25) is 9.59 Å². The van der Waals surface area contributed by atoms with Gasteiger partial charge < -0.3 is 20.3 Å². The van der Waals surface area contributed by atoms with Gasteiger partial charge in [0.25, 0.3) is 0 Å². The smallest absolute Gasteiger partial charge is 0.305 e. The van der Waals surface area contributed by atoms with E-state index in [1.165, 1.54) is 360 Å². The summed E-state index contributed by atoms with van der Waals surface area (Å²) in [7, 11) is 0. The molecule has 6 nitrogen and oxygen atoms in total. The van der Waals surface area contributed by atoms with Crippen molar-refractivity contribution in [3.63, 3.8) is 0 Å². The molecule has 0 saturated heterocycles. The highest BCUT2D eigenvalue weighted by molar-refractivity contribution is 5.76. The summed E-state index contributed by atoms with van der Waals surface area (Å²) >= 11 is 0. The Morgan fingerprint density at radius 1 is 0.322 bits per heavy atom. The summed E-state index contributed by atoms with van der Waals surface area (Å²) < 4.78 is 5.49. The molecule has 0 spiro atoms. The van der Waals surface area contributed by atoms with Crippen molar-refractivity contribution in [3.05, 3.63) is 36.5 Å². The first-order valence-electron chi connectivity index (χ1n) is 39.7. The summed E-state index contributed by atoms with van der Waals surface area (Å²) in [4.78, 5) is 24.6. The molecule has 0 aromatic heterocycles. The van der Waals surface area contributed by atoms with Crippen LogP contribution in [0.4, 0.5) is 0 Å². The maximum absolute atomic E-state index is 12.5. The van der Waals surface area contributed by atoms with Crippen molar-refractivity contribution in [2.75, 3.05) is 13.2 Å². The van der Waals surface area contributed by atoms with E-state index in [4.69, 9.17) is 4.74 Å². The molecule has 0 fully saturated rings. The predicted molar refractivity (Wildman–Crippen MR) is 384 cm³/mol. The number of allylic oxidation sites excluding steroid dienone is 6. The summed E-state index contributed by atoms with van der Waals surface area (Å²) in [6.45, 7) is 4.97. The minimum atomic E-state index is -0.662. The lowest BCUT2D eigenvalue weighted by molar-refractivity contribution is -0.143. The van der Waals surface area contributed by atoms with Crippen LogP contribution in [0, 0.1) is 0 Å². The number of hydrogen-bond donors (Lipinski definition) is 3. The molecule has 3 N–H and O–H groups in total. The molecule has 0 heterocycles. The number of carbonyl (C=O) groups excluding carboxylic acids is 2. The first-order chi connectivity index (χ1) is 43.0. The molecule has 2 unspecified atom stereocenters. The molecule has 0 saturated carbocycles. The molecule has 0 aliphatic rings. The van der Waals surface area contributed by atoms with E-state index in [0.29, 0.717) is 25.9 Å². The summed E-state index contributed by atoms with van der Waals surface area (Å²) in [6.07, 6.45) is 99.6. The maximum Gasteiger partial charge on any atom is 0.305 e. The van der Waals surface area contributed by atoms with Crippen LogP contribution >= 0.6 is 0 Å². The van der Waals surface area contributed by atoms with Crippen molar-refractivity contribution < 1.29 is 24.5 Å². The summed E-state index contributed by atoms with van der Waals surface area (Å²) in [5.74, 6) is -0.0187. The molecule has 0 bridgehead atoms. The first-order valence-corrected chi connectivity index (χ1v) is 39.7. The second kappa shape index (κ2) is 76.5. The van der Waals surface area contributed by atoms with Gasteiger partial charge in [0.2, 0.25) is 5.91 Å². The molecule has 0 aliphatic carbocycles. The van der Waals surface area contributed by atoms with Crippen molar-refractivity contribution >= 4 is 11.9 Å². The fourth-order valence-corrected chi connectivity index (χ4v) is 12.6. The van der Waals surface area contributed by atoms with Gasteiger partial charge in [-0.2, -0.15) is 0 Å². The Morgan fingerprint density at radius 3 is 0.908 bits per heavy atom. The number of carbonyl (C=O) groups is 2. The van der Waals surface area contributed by atoms with Gasteiger partial charge in [0.15, 0.2) is 0 Å². The van der Waals surface area contributed by atoms with E-state index in [9.17, 15) is 19.8 Å². The Labute approximate surface area is 544 Å². The fraction of sp³-hybridized carbons (Fsp3) is 0.901. The highest BCUT2D eigenvalue weighted by Gasteiger charge is 2.20. The lowest BCUT2D eigenvalue weighted by Gasteiger charge is -2.22. The SMILES string of the molecule is CCCCC/C=C\C/C=C\CCCCCCCC(=O)OCCCCCCCCCCCCCCCCCC/C=C\CCCCCCCCCCCCCCCCCCCC(=O)NC(CO)C(O)CCCCCCCCCCCCCCCCCCCC. The lowest BCUT2D eigenvalue weighted by atomic mass is 10.0. The van der Waals surface area contributed by atoms with Crippen molar-refractivity contribution in [1.29, 1.82) is 0 Å². The second-order valence-electron chi connectivity index (χ2n) is 27.4. The normalized spacial score (nSPS) is 12.6. The van der Waals surface area contributed by atoms with Gasteiger partial charge in [0.1, 0.15) is 0 Å².